The minimum Gasteiger partial charge on any atom is -0.356 e. The highest BCUT2D eigenvalue weighted by atomic mass is 35.5. The number of nitrogens with zero attached hydrogens (tertiary/aromatic N) is 2. The maximum absolute atomic E-state index is 13.9. The number of carbonyl (C=O) groups is 2. The Hall–Kier alpha value is -1.66. The van der Waals surface area contributed by atoms with E-state index in [2.05, 4.69) is 10.2 Å². The van der Waals surface area contributed by atoms with Crippen molar-refractivity contribution >= 4 is 23.4 Å². The van der Waals surface area contributed by atoms with Crippen molar-refractivity contribution < 1.29 is 14.0 Å². The number of nitrogens with one attached hydrogen (secondary N) is 1. The lowest BCUT2D eigenvalue weighted by Crippen LogP contribution is -2.50. The van der Waals surface area contributed by atoms with Crippen molar-refractivity contribution in [2.45, 2.75) is 39.3 Å². The molecule has 1 aliphatic rings. The zero-order valence-corrected chi connectivity index (χ0v) is 16.4. The van der Waals surface area contributed by atoms with E-state index in [0.717, 1.165) is 12.8 Å². The molecule has 0 bridgehead atoms. The Balaban J connectivity index is 1.92. The van der Waals surface area contributed by atoms with Gasteiger partial charge in [0.15, 0.2) is 0 Å². The number of hydrogen-bond donors (Lipinski definition) is 1. The summed E-state index contributed by atoms with van der Waals surface area (Å²) < 4.78 is 13.9. The monoisotopic (exact) mass is 383 g/mol. The molecule has 2 rings (SSSR count). The zero-order valence-electron chi connectivity index (χ0n) is 15.6. The molecule has 1 aromatic carbocycles. The van der Waals surface area contributed by atoms with Crippen LogP contribution in [-0.2, 0) is 16.1 Å². The van der Waals surface area contributed by atoms with Crippen LogP contribution in [0.2, 0.25) is 5.02 Å². The van der Waals surface area contributed by atoms with Crippen molar-refractivity contribution in [2.75, 3.05) is 26.7 Å². The summed E-state index contributed by atoms with van der Waals surface area (Å²) in [6.07, 6.45) is 1.48. The normalized spacial score (nSPS) is 17.0. The van der Waals surface area contributed by atoms with Crippen LogP contribution in [0, 0.1) is 11.7 Å². The van der Waals surface area contributed by atoms with Crippen LogP contribution in [0.25, 0.3) is 0 Å². The largest absolute Gasteiger partial charge is 0.356 e. The van der Waals surface area contributed by atoms with Crippen LogP contribution in [0.3, 0.4) is 0 Å². The Kier molecular flexibility index (Phi) is 7.41. The van der Waals surface area contributed by atoms with Crippen LogP contribution in [0.5, 0.6) is 0 Å². The lowest BCUT2D eigenvalue weighted by Gasteiger charge is -2.36. The maximum Gasteiger partial charge on any atom is 0.239 e. The third kappa shape index (κ3) is 4.95. The lowest BCUT2D eigenvalue weighted by molar-refractivity contribution is -0.136. The number of hydrogen-bond acceptors (Lipinski definition) is 3. The van der Waals surface area contributed by atoms with Gasteiger partial charge in [-0.3, -0.25) is 14.5 Å². The molecule has 1 unspecified atom stereocenters. The van der Waals surface area contributed by atoms with Crippen molar-refractivity contribution in [1.82, 2.24) is 15.1 Å². The van der Waals surface area contributed by atoms with Crippen LogP contribution in [-0.4, -0.2) is 54.3 Å². The van der Waals surface area contributed by atoms with Gasteiger partial charge in [0.1, 0.15) is 5.82 Å². The summed E-state index contributed by atoms with van der Waals surface area (Å²) in [6, 6.07) is 4.19. The van der Waals surface area contributed by atoms with Gasteiger partial charge in [-0.05, 0) is 51.9 Å². The molecular formula is C19H27ClFN3O2. The molecule has 1 fully saturated rings. The molecule has 1 saturated heterocycles. The second-order valence-electron chi connectivity index (χ2n) is 6.78. The topological polar surface area (TPSA) is 52.7 Å². The summed E-state index contributed by atoms with van der Waals surface area (Å²) in [5.41, 5.74) is 0.326. The molecule has 5 nitrogen and oxygen atoms in total. The number of halogens is 2. The Morgan fingerprint density at radius 1 is 1.38 bits per heavy atom. The first-order valence-corrected chi connectivity index (χ1v) is 9.42. The van der Waals surface area contributed by atoms with Crippen LogP contribution in [0.15, 0.2) is 18.2 Å². The van der Waals surface area contributed by atoms with Gasteiger partial charge in [-0.2, -0.15) is 0 Å². The summed E-state index contributed by atoms with van der Waals surface area (Å²) in [6.45, 7) is 5.92. The maximum atomic E-state index is 13.9. The van der Waals surface area contributed by atoms with E-state index in [9.17, 15) is 14.0 Å². The standard InChI is InChI=1S/C19H27ClFN3O2/c1-4-22-18(25)14-8-10-24(11-9-14)13(2)19(26)23(3)12-15-16(20)6-5-7-17(15)21/h5-7,13-14H,4,8-12H2,1-3H3,(H,22,25). The molecule has 0 spiro atoms. The number of benzene rings is 1. The van der Waals surface area contributed by atoms with Crippen LogP contribution in [0.1, 0.15) is 32.3 Å². The van der Waals surface area contributed by atoms with E-state index in [-0.39, 0.29) is 30.3 Å². The fourth-order valence-corrected chi connectivity index (χ4v) is 3.56. The summed E-state index contributed by atoms with van der Waals surface area (Å²) in [5.74, 6) is -0.380. The average molecular weight is 384 g/mol. The molecular weight excluding hydrogens is 357 g/mol. The number of piperidine rings is 1. The highest BCUT2D eigenvalue weighted by Crippen LogP contribution is 2.22. The molecule has 0 radical (unpaired) electrons. The second-order valence-corrected chi connectivity index (χ2v) is 7.18. The first kappa shape index (κ1) is 20.6. The summed E-state index contributed by atoms with van der Waals surface area (Å²) in [5, 5.41) is 3.18. The van der Waals surface area contributed by atoms with Crippen molar-refractivity contribution in [3.8, 4) is 0 Å². The second kappa shape index (κ2) is 9.33. The predicted molar refractivity (Wildman–Crippen MR) is 100 cm³/mol. The van der Waals surface area contributed by atoms with Gasteiger partial charge >= 0.3 is 0 Å². The Morgan fingerprint density at radius 2 is 2.04 bits per heavy atom. The first-order chi connectivity index (χ1) is 12.3. The fourth-order valence-electron chi connectivity index (χ4n) is 3.34. The molecule has 1 atom stereocenters. The smallest absolute Gasteiger partial charge is 0.239 e. The van der Waals surface area contributed by atoms with Crippen LogP contribution >= 0.6 is 11.6 Å². The Bertz CT molecular complexity index is 627. The van der Waals surface area contributed by atoms with Crippen LogP contribution in [0.4, 0.5) is 4.39 Å². The van der Waals surface area contributed by atoms with Gasteiger partial charge in [0.2, 0.25) is 11.8 Å². The van der Waals surface area contributed by atoms with Crippen molar-refractivity contribution in [3.63, 3.8) is 0 Å². The Morgan fingerprint density at radius 3 is 2.62 bits per heavy atom. The molecule has 7 heteroatoms. The number of amides is 2. The number of carbonyl (C=O) groups excluding carboxylic acids is 2. The molecule has 0 aromatic heterocycles. The van der Waals surface area contributed by atoms with Gasteiger partial charge in [-0.1, -0.05) is 17.7 Å². The highest BCUT2D eigenvalue weighted by Gasteiger charge is 2.31. The van der Waals surface area contributed by atoms with Gasteiger partial charge in [0, 0.05) is 36.6 Å². The third-order valence-corrected chi connectivity index (χ3v) is 5.34. The molecule has 1 N–H and O–H groups in total. The average Bonchev–Trinajstić information content (AvgIpc) is 2.63. The molecule has 144 valence electrons. The van der Waals surface area contributed by atoms with Crippen molar-refractivity contribution in [1.29, 1.82) is 0 Å². The molecule has 1 aromatic rings. The minimum absolute atomic E-state index is 0.0171. The quantitative estimate of drug-likeness (QED) is 0.821. The van der Waals surface area contributed by atoms with Crippen molar-refractivity contribution in [3.05, 3.63) is 34.6 Å². The van der Waals surface area contributed by atoms with Crippen LogP contribution < -0.4 is 5.32 Å². The summed E-state index contributed by atoms with van der Waals surface area (Å²) >= 11 is 6.05. The van der Waals surface area contributed by atoms with E-state index < -0.39 is 5.82 Å². The van der Waals surface area contributed by atoms with E-state index >= 15 is 0 Å². The zero-order chi connectivity index (χ0) is 19.3. The van der Waals surface area contributed by atoms with Gasteiger partial charge in [0.25, 0.3) is 0 Å². The lowest BCUT2D eigenvalue weighted by atomic mass is 9.95. The highest BCUT2D eigenvalue weighted by molar-refractivity contribution is 6.31. The van der Waals surface area contributed by atoms with Gasteiger partial charge in [0.05, 0.1) is 6.04 Å². The fraction of sp³-hybridized carbons (Fsp3) is 0.579. The van der Waals surface area contributed by atoms with Gasteiger partial charge in [-0.15, -0.1) is 0 Å². The number of rotatable bonds is 6. The SMILES string of the molecule is CCNC(=O)C1CCN(C(C)C(=O)N(C)Cc2c(F)cccc2Cl)CC1. The third-order valence-electron chi connectivity index (χ3n) is 4.99. The molecule has 26 heavy (non-hydrogen) atoms. The summed E-state index contributed by atoms with van der Waals surface area (Å²) in [4.78, 5) is 28.2. The molecule has 2 amide bonds. The number of likely N-dealkylation sites (N-methyl/N-ethyl adjacent to an activating group) is 1. The van der Waals surface area contributed by atoms with E-state index in [4.69, 9.17) is 11.6 Å². The first-order valence-electron chi connectivity index (χ1n) is 9.04. The van der Waals surface area contributed by atoms with Gasteiger partial charge in [-0.25, -0.2) is 4.39 Å². The van der Waals surface area contributed by atoms with E-state index in [0.29, 0.717) is 30.2 Å². The molecule has 0 aliphatic carbocycles. The van der Waals surface area contributed by atoms with E-state index in [1.54, 1.807) is 19.2 Å². The molecule has 1 aliphatic heterocycles. The molecule has 1 heterocycles. The van der Waals surface area contributed by atoms with E-state index in [1.807, 2.05) is 13.8 Å². The number of likely N-dealkylation sites (tertiary alicyclic amines) is 1. The van der Waals surface area contributed by atoms with Gasteiger partial charge < -0.3 is 10.2 Å². The predicted octanol–water partition coefficient (Wildman–Crippen LogP) is 2.67. The summed E-state index contributed by atoms with van der Waals surface area (Å²) in [7, 11) is 1.66. The van der Waals surface area contributed by atoms with E-state index in [1.165, 1.54) is 11.0 Å². The Labute approximate surface area is 159 Å². The van der Waals surface area contributed by atoms with Crippen molar-refractivity contribution in [2.24, 2.45) is 5.92 Å². The minimum atomic E-state index is -0.410. The molecule has 0 saturated carbocycles.